The molecule has 0 fully saturated rings. The highest BCUT2D eigenvalue weighted by molar-refractivity contribution is 6.30. The average Bonchev–Trinajstić information content (AvgIpc) is 3.36. The molecule has 0 spiro atoms. The highest BCUT2D eigenvalue weighted by Crippen LogP contribution is 2.43. The number of pyridine rings is 1. The molecule has 3 nitrogen and oxygen atoms in total. The fraction of sp³-hybridized carbons (Fsp3) is 0. The second-order valence-electron chi connectivity index (χ2n) is 8.75. The molecule has 7 rings (SSSR count). The van der Waals surface area contributed by atoms with Crippen LogP contribution in [0.1, 0.15) is 0 Å². The van der Waals surface area contributed by atoms with Crippen LogP contribution < -0.4 is 0 Å². The Morgan fingerprint density at radius 3 is 1.72 bits per heavy atom. The van der Waals surface area contributed by atoms with E-state index in [2.05, 4.69) is 83.8 Å². The van der Waals surface area contributed by atoms with Crippen LogP contribution in [0.4, 0.5) is 0 Å². The molecule has 0 amide bonds. The maximum Gasteiger partial charge on any atom is 0.247 e. The molecule has 0 atom stereocenters. The van der Waals surface area contributed by atoms with Crippen LogP contribution in [-0.2, 0) is 0 Å². The summed E-state index contributed by atoms with van der Waals surface area (Å²) < 4.78 is 6.11. The minimum absolute atomic E-state index is 0.512. The lowest BCUT2D eigenvalue weighted by molar-refractivity contribution is 0.608. The lowest BCUT2D eigenvalue weighted by Crippen LogP contribution is -1.92. The molecular weight excluding hydrogens is 464 g/mol. The van der Waals surface area contributed by atoms with Crippen molar-refractivity contribution in [2.75, 3.05) is 0 Å². The van der Waals surface area contributed by atoms with Crippen LogP contribution in [0.5, 0.6) is 0 Å². The van der Waals surface area contributed by atoms with Gasteiger partial charge in [0.05, 0.1) is 5.69 Å². The van der Waals surface area contributed by atoms with Gasteiger partial charge in [-0.25, -0.2) is 9.97 Å². The Hall–Kier alpha value is -4.47. The van der Waals surface area contributed by atoms with Gasteiger partial charge >= 0.3 is 0 Å². The van der Waals surface area contributed by atoms with Gasteiger partial charge in [-0.05, 0) is 69.1 Å². The molecule has 0 aliphatic heterocycles. The van der Waals surface area contributed by atoms with Crippen LogP contribution in [0.2, 0.25) is 5.02 Å². The number of hydrogen-bond donors (Lipinski definition) is 0. The molecule has 0 N–H and O–H groups in total. The third kappa shape index (κ3) is 3.36. The minimum Gasteiger partial charge on any atom is -0.418 e. The van der Waals surface area contributed by atoms with Gasteiger partial charge in [-0.15, -0.1) is 0 Å². The Morgan fingerprint density at radius 2 is 1.08 bits per heavy atom. The summed E-state index contributed by atoms with van der Waals surface area (Å²) in [6, 6.07) is 39.1. The monoisotopic (exact) mass is 482 g/mol. The zero-order chi connectivity index (χ0) is 24.1. The summed E-state index contributed by atoms with van der Waals surface area (Å²) in [6.07, 6.45) is 0. The molecule has 36 heavy (non-hydrogen) atoms. The number of benzene rings is 5. The molecule has 0 bridgehead atoms. The van der Waals surface area contributed by atoms with E-state index in [0.29, 0.717) is 16.6 Å². The van der Waals surface area contributed by atoms with E-state index < -0.39 is 0 Å². The molecule has 0 radical (unpaired) electrons. The second-order valence-corrected chi connectivity index (χ2v) is 9.19. The van der Waals surface area contributed by atoms with E-state index in [1.165, 1.54) is 21.9 Å². The standard InChI is InChI=1S/C32H19ClN2O/c33-22-16-14-21(15-17-22)31-35-28-19-18-27(34-32(28)36-31)30-25-12-6-4-10-23(25)29(20-8-2-1-3-9-20)24-11-5-7-13-26(24)30/h1-19H. The fourth-order valence-electron chi connectivity index (χ4n) is 4.99. The first-order valence-electron chi connectivity index (χ1n) is 11.8. The fourth-order valence-corrected chi connectivity index (χ4v) is 5.12. The Bertz CT molecular complexity index is 1830. The average molecular weight is 483 g/mol. The quantitative estimate of drug-likeness (QED) is 0.235. The molecule has 170 valence electrons. The van der Waals surface area contributed by atoms with Gasteiger partial charge in [0.1, 0.15) is 5.52 Å². The first-order chi connectivity index (χ1) is 17.8. The van der Waals surface area contributed by atoms with E-state index in [1.54, 1.807) is 0 Å². The number of hydrogen-bond acceptors (Lipinski definition) is 3. The van der Waals surface area contributed by atoms with Crippen molar-refractivity contribution in [3.05, 3.63) is 120 Å². The Kier molecular flexibility index (Phi) is 4.83. The highest BCUT2D eigenvalue weighted by atomic mass is 35.5. The zero-order valence-corrected chi connectivity index (χ0v) is 19.9. The smallest absolute Gasteiger partial charge is 0.247 e. The van der Waals surface area contributed by atoms with Gasteiger partial charge < -0.3 is 4.42 Å². The van der Waals surface area contributed by atoms with Gasteiger partial charge in [-0.1, -0.05) is 90.5 Å². The van der Waals surface area contributed by atoms with Crippen molar-refractivity contribution >= 4 is 44.4 Å². The van der Waals surface area contributed by atoms with E-state index in [4.69, 9.17) is 21.0 Å². The van der Waals surface area contributed by atoms with E-state index in [0.717, 1.165) is 33.1 Å². The Balaban J connectivity index is 1.50. The number of nitrogens with zero attached hydrogens (tertiary/aromatic N) is 2. The van der Waals surface area contributed by atoms with Crippen molar-refractivity contribution in [2.24, 2.45) is 0 Å². The predicted molar refractivity (Wildman–Crippen MR) is 148 cm³/mol. The molecule has 0 aliphatic carbocycles. The molecule has 5 aromatic carbocycles. The summed E-state index contributed by atoms with van der Waals surface area (Å²) >= 11 is 6.05. The maximum atomic E-state index is 6.11. The minimum atomic E-state index is 0.512. The first kappa shape index (κ1) is 20.9. The number of oxazole rings is 1. The van der Waals surface area contributed by atoms with E-state index in [9.17, 15) is 0 Å². The summed E-state index contributed by atoms with van der Waals surface area (Å²) in [7, 11) is 0. The summed E-state index contributed by atoms with van der Waals surface area (Å²) in [5.74, 6) is 0.528. The van der Waals surface area contributed by atoms with Crippen LogP contribution in [-0.4, -0.2) is 9.97 Å². The number of aromatic nitrogens is 2. The van der Waals surface area contributed by atoms with Crippen LogP contribution in [0.25, 0.3) is 66.6 Å². The van der Waals surface area contributed by atoms with E-state index in [-0.39, 0.29) is 0 Å². The Labute approximate surface area is 212 Å². The SMILES string of the molecule is Clc1ccc(-c2nc3ccc(-c4c5ccccc5c(-c5ccccc5)c5ccccc45)nc3o2)cc1. The topological polar surface area (TPSA) is 38.9 Å². The van der Waals surface area contributed by atoms with Crippen molar-refractivity contribution in [1.82, 2.24) is 9.97 Å². The van der Waals surface area contributed by atoms with Gasteiger partial charge in [-0.3, -0.25) is 0 Å². The largest absolute Gasteiger partial charge is 0.418 e. The summed E-state index contributed by atoms with van der Waals surface area (Å²) in [6.45, 7) is 0. The highest BCUT2D eigenvalue weighted by Gasteiger charge is 2.18. The van der Waals surface area contributed by atoms with Crippen molar-refractivity contribution in [3.8, 4) is 33.8 Å². The normalized spacial score (nSPS) is 11.5. The predicted octanol–water partition coefficient (Wildman–Crippen LogP) is 9.18. The summed E-state index contributed by atoms with van der Waals surface area (Å²) in [5.41, 5.74) is 6.47. The van der Waals surface area contributed by atoms with Gasteiger partial charge in [0.15, 0.2) is 0 Å². The molecule has 0 unspecified atom stereocenters. The molecule has 2 aromatic heterocycles. The van der Waals surface area contributed by atoms with Crippen LogP contribution in [0.3, 0.4) is 0 Å². The number of fused-ring (bicyclic) bond motifs is 3. The van der Waals surface area contributed by atoms with Crippen molar-refractivity contribution in [3.63, 3.8) is 0 Å². The van der Waals surface area contributed by atoms with Crippen molar-refractivity contribution < 1.29 is 4.42 Å². The second kappa shape index (κ2) is 8.33. The van der Waals surface area contributed by atoms with Crippen LogP contribution in [0, 0.1) is 0 Å². The number of rotatable bonds is 3. The van der Waals surface area contributed by atoms with E-state index >= 15 is 0 Å². The van der Waals surface area contributed by atoms with Gasteiger partial charge in [0, 0.05) is 16.1 Å². The third-order valence-electron chi connectivity index (χ3n) is 6.60. The Morgan fingerprint density at radius 1 is 0.500 bits per heavy atom. The van der Waals surface area contributed by atoms with Gasteiger partial charge in [0.25, 0.3) is 0 Å². The molecule has 0 aliphatic rings. The van der Waals surface area contributed by atoms with Crippen LogP contribution in [0.15, 0.2) is 120 Å². The molecule has 0 saturated carbocycles. The third-order valence-corrected chi connectivity index (χ3v) is 6.85. The molecule has 2 heterocycles. The van der Waals surface area contributed by atoms with Gasteiger partial charge in [-0.2, -0.15) is 0 Å². The first-order valence-corrected chi connectivity index (χ1v) is 12.2. The van der Waals surface area contributed by atoms with Crippen molar-refractivity contribution in [1.29, 1.82) is 0 Å². The molecular formula is C32H19ClN2O. The van der Waals surface area contributed by atoms with E-state index in [1.807, 2.05) is 36.4 Å². The van der Waals surface area contributed by atoms with Gasteiger partial charge in [0.2, 0.25) is 11.6 Å². The number of halogens is 1. The maximum absolute atomic E-state index is 6.11. The summed E-state index contributed by atoms with van der Waals surface area (Å²) in [4.78, 5) is 9.61. The molecule has 7 aromatic rings. The lowest BCUT2D eigenvalue weighted by Gasteiger charge is -2.17. The lowest BCUT2D eigenvalue weighted by atomic mass is 9.87. The molecule has 4 heteroatoms. The summed E-state index contributed by atoms with van der Waals surface area (Å²) in [5, 5.41) is 5.36. The van der Waals surface area contributed by atoms with Crippen molar-refractivity contribution in [2.45, 2.75) is 0 Å². The van der Waals surface area contributed by atoms with Crippen LogP contribution >= 0.6 is 11.6 Å². The zero-order valence-electron chi connectivity index (χ0n) is 19.2. The molecule has 0 saturated heterocycles.